The number of guanidine groups is 1. The fourth-order valence-electron chi connectivity index (χ4n) is 3.89. The van der Waals surface area contributed by atoms with Gasteiger partial charge in [0.15, 0.2) is 5.96 Å². The van der Waals surface area contributed by atoms with Crippen molar-refractivity contribution in [1.29, 1.82) is 0 Å². The molecule has 0 bridgehead atoms. The highest BCUT2D eigenvalue weighted by Gasteiger charge is 2.30. The highest BCUT2D eigenvalue weighted by molar-refractivity contribution is 7.80. The van der Waals surface area contributed by atoms with Gasteiger partial charge < -0.3 is 59.7 Å². The van der Waals surface area contributed by atoms with E-state index < -0.39 is 84.6 Å². The molecule has 0 fully saturated rings. The zero-order valence-corrected chi connectivity index (χ0v) is 27.5. The van der Waals surface area contributed by atoms with Crippen LogP contribution in [0.1, 0.15) is 24.8 Å². The SMILES string of the molecule is NC(=O)C[C@H](NC(=O)[C@@H](N)CS)C(=O)NCC(=O)N[C@@H](CCCN=C(N)N)C(=O)N[C@@H](CS)C(=O)N[C@@H](Cc1ccc(O)cc1)C(=O)O. The molecule has 0 aliphatic rings. The summed E-state index contributed by atoms with van der Waals surface area (Å²) in [6.07, 6.45) is -0.578. The maximum absolute atomic E-state index is 13.2. The van der Waals surface area contributed by atoms with E-state index in [-0.39, 0.29) is 49.0 Å². The van der Waals surface area contributed by atoms with Crippen molar-refractivity contribution in [1.82, 2.24) is 26.6 Å². The number of rotatable bonds is 21. The third-order valence-electron chi connectivity index (χ3n) is 6.40. The Hall–Kier alpha value is -4.76. The van der Waals surface area contributed by atoms with Crippen LogP contribution in [0.2, 0.25) is 0 Å². The van der Waals surface area contributed by atoms with Crippen LogP contribution in [0.5, 0.6) is 5.75 Å². The van der Waals surface area contributed by atoms with E-state index in [1.54, 1.807) is 0 Å². The molecule has 5 atom stereocenters. The van der Waals surface area contributed by atoms with Crippen molar-refractivity contribution in [3.63, 3.8) is 0 Å². The number of carboxylic acids is 1. The number of phenolic OH excluding ortho intramolecular Hbond substituents is 1. The Bertz CT molecular complexity index is 1330. The summed E-state index contributed by atoms with van der Waals surface area (Å²) in [5, 5.41) is 30.8. The summed E-state index contributed by atoms with van der Waals surface area (Å²) < 4.78 is 0. The van der Waals surface area contributed by atoms with Crippen LogP contribution in [-0.4, -0.2) is 112 Å². The van der Waals surface area contributed by atoms with Crippen LogP contribution in [0.3, 0.4) is 0 Å². The summed E-state index contributed by atoms with van der Waals surface area (Å²) in [4.78, 5) is 90.8. The summed E-state index contributed by atoms with van der Waals surface area (Å²) in [6.45, 7) is -0.621. The summed E-state index contributed by atoms with van der Waals surface area (Å²) in [5.41, 5.74) is 21.9. The second-order valence-electron chi connectivity index (χ2n) is 10.3. The lowest BCUT2D eigenvalue weighted by Crippen LogP contribution is -2.57. The molecule has 1 aromatic carbocycles. The van der Waals surface area contributed by atoms with Crippen LogP contribution in [0.25, 0.3) is 0 Å². The molecule has 0 aliphatic heterocycles. The molecule has 0 spiro atoms. The molecule has 21 heteroatoms. The van der Waals surface area contributed by atoms with Crippen LogP contribution < -0.4 is 49.5 Å². The van der Waals surface area contributed by atoms with Gasteiger partial charge in [0.25, 0.3) is 0 Å². The van der Waals surface area contributed by atoms with Crippen LogP contribution in [-0.2, 0) is 40.0 Å². The second-order valence-corrected chi connectivity index (χ2v) is 11.1. The van der Waals surface area contributed by atoms with Crippen molar-refractivity contribution in [2.75, 3.05) is 24.6 Å². The van der Waals surface area contributed by atoms with Crippen molar-refractivity contribution in [3.05, 3.63) is 29.8 Å². The molecular weight excluding hydrogens is 672 g/mol. The van der Waals surface area contributed by atoms with Crippen LogP contribution in [0, 0.1) is 0 Å². The Morgan fingerprint density at radius 1 is 0.771 bits per heavy atom. The van der Waals surface area contributed by atoms with Gasteiger partial charge in [0.1, 0.15) is 29.9 Å². The smallest absolute Gasteiger partial charge is 0.326 e. The van der Waals surface area contributed by atoms with Gasteiger partial charge in [-0.25, -0.2) is 4.79 Å². The fraction of sp³-hybridized carbons (Fsp3) is 0.481. The number of aliphatic carboxylic acids is 1. The molecule has 0 aromatic heterocycles. The molecule has 0 heterocycles. The second kappa shape index (κ2) is 21.2. The number of carboxylic acid groups (broad SMARTS) is 1. The van der Waals surface area contributed by atoms with Crippen molar-refractivity contribution in [3.8, 4) is 5.75 Å². The molecule has 0 unspecified atom stereocenters. The Morgan fingerprint density at radius 2 is 1.35 bits per heavy atom. The van der Waals surface area contributed by atoms with Gasteiger partial charge in [-0.3, -0.25) is 33.8 Å². The van der Waals surface area contributed by atoms with Gasteiger partial charge in [-0.1, -0.05) is 12.1 Å². The first-order chi connectivity index (χ1) is 22.6. The van der Waals surface area contributed by atoms with Gasteiger partial charge in [0.2, 0.25) is 35.4 Å². The fourth-order valence-corrected chi connectivity index (χ4v) is 4.31. The van der Waals surface area contributed by atoms with E-state index in [2.05, 4.69) is 56.8 Å². The zero-order valence-electron chi connectivity index (χ0n) is 25.8. The number of amides is 6. The van der Waals surface area contributed by atoms with Gasteiger partial charge in [-0.2, -0.15) is 25.3 Å². The number of primary amides is 1. The normalized spacial score (nSPS) is 13.7. The number of aliphatic imine (C=N–C) groups is 1. The average molecular weight is 715 g/mol. The Morgan fingerprint density at radius 3 is 1.90 bits per heavy atom. The first-order valence-electron chi connectivity index (χ1n) is 14.4. The van der Waals surface area contributed by atoms with Crippen molar-refractivity contribution >= 4 is 72.6 Å². The van der Waals surface area contributed by atoms with Gasteiger partial charge in [-0.15, -0.1) is 0 Å². The Balaban J connectivity index is 2.98. The minimum atomic E-state index is -1.45. The molecule has 0 aliphatic carbocycles. The number of hydrogen-bond acceptors (Lipinski definition) is 12. The van der Waals surface area contributed by atoms with E-state index in [1.807, 2.05) is 0 Å². The maximum Gasteiger partial charge on any atom is 0.326 e. The number of hydrogen-bond donors (Lipinski definition) is 13. The highest BCUT2D eigenvalue weighted by atomic mass is 32.1. The molecule has 1 aromatic rings. The molecule has 6 amide bonds. The lowest BCUT2D eigenvalue weighted by Gasteiger charge is -2.24. The van der Waals surface area contributed by atoms with E-state index in [4.69, 9.17) is 22.9 Å². The number of benzene rings is 1. The van der Waals surface area contributed by atoms with Crippen LogP contribution >= 0.6 is 25.3 Å². The predicted molar refractivity (Wildman–Crippen MR) is 180 cm³/mol. The standard InChI is InChI=1S/C27H42N10O9S2/c28-15(11-47)22(41)35-17(9-20(29)39)23(42)33-10-21(40)34-16(2-1-7-32-27(30)31)24(43)37-19(12-48)25(44)36-18(26(45)46)8-13-3-5-14(38)6-4-13/h3-6,15-19,38,47-48H,1-2,7-12,28H2,(H2,29,39)(H,33,42)(H,34,40)(H,35,41)(H,36,44)(H,37,43)(H,45,46)(H4,30,31,32)/t15-,16-,17-,18-,19-/m0/s1. The molecule has 0 saturated heterocycles. The monoisotopic (exact) mass is 714 g/mol. The van der Waals surface area contributed by atoms with E-state index in [9.17, 15) is 43.8 Å². The Labute approximate surface area is 286 Å². The number of nitrogens with two attached hydrogens (primary N) is 4. The van der Waals surface area contributed by atoms with E-state index >= 15 is 0 Å². The van der Waals surface area contributed by atoms with Gasteiger partial charge in [0, 0.05) is 24.5 Å². The van der Waals surface area contributed by atoms with Gasteiger partial charge in [0.05, 0.1) is 19.0 Å². The number of phenols is 1. The van der Waals surface area contributed by atoms with Crippen molar-refractivity contribution in [2.45, 2.75) is 55.9 Å². The predicted octanol–water partition coefficient (Wildman–Crippen LogP) is -4.81. The van der Waals surface area contributed by atoms with Crippen molar-refractivity contribution < 1.29 is 43.8 Å². The topological polar surface area (TPSA) is 337 Å². The Kier molecular flexibility index (Phi) is 18.2. The summed E-state index contributed by atoms with van der Waals surface area (Å²) >= 11 is 7.99. The molecular formula is C27H42N10O9S2. The van der Waals surface area contributed by atoms with Crippen molar-refractivity contribution in [2.24, 2.45) is 27.9 Å². The summed E-state index contributed by atoms with van der Waals surface area (Å²) in [6, 6.07) is -0.865. The number of carbonyl (C=O) groups excluding carboxylic acids is 6. The lowest BCUT2D eigenvalue weighted by atomic mass is 10.1. The number of thiol groups is 2. The average Bonchev–Trinajstić information content (AvgIpc) is 3.02. The van der Waals surface area contributed by atoms with Crippen LogP contribution in [0.4, 0.5) is 0 Å². The van der Waals surface area contributed by atoms with E-state index in [0.29, 0.717) is 5.56 Å². The summed E-state index contributed by atoms with van der Waals surface area (Å²) in [7, 11) is 0. The largest absolute Gasteiger partial charge is 0.508 e. The highest BCUT2D eigenvalue weighted by Crippen LogP contribution is 2.12. The molecule has 266 valence electrons. The first kappa shape index (κ1) is 41.3. The number of aromatic hydroxyl groups is 1. The quantitative estimate of drug-likeness (QED) is 0.0247. The molecule has 0 radical (unpaired) electrons. The molecule has 0 saturated carbocycles. The van der Waals surface area contributed by atoms with E-state index in [0.717, 1.165) is 0 Å². The first-order valence-corrected chi connectivity index (χ1v) is 15.6. The molecule has 1 rings (SSSR count). The minimum Gasteiger partial charge on any atom is -0.508 e. The number of carbonyl (C=O) groups is 7. The van der Waals surface area contributed by atoms with Crippen LogP contribution in [0.15, 0.2) is 29.3 Å². The zero-order chi connectivity index (χ0) is 36.4. The summed E-state index contributed by atoms with van der Waals surface area (Å²) in [5.74, 6) is -7.13. The molecule has 48 heavy (non-hydrogen) atoms. The number of nitrogens with zero attached hydrogens (tertiary/aromatic N) is 1. The molecule has 15 N–H and O–H groups in total. The minimum absolute atomic E-state index is 0.0271. The van der Waals surface area contributed by atoms with Gasteiger partial charge in [-0.05, 0) is 30.5 Å². The third-order valence-corrected chi connectivity index (χ3v) is 7.16. The lowest BCUT2D eigenvalue weighted by molar-refractivity contribution is -0.142. The van der Waals surface area contributed by atoms with E-state index in [1.165, 1.54) is 24.3 Å². The third kappa shape index (κ3) is 15.7. The van der Waals surface area contributed by atoms with Gasteiger partial charge >= 0.3 is 5.97 Å². The number of nitrogens with one attached hydrogen (secondary N) is 5. The maximum atomic E-state index is 13.2. The molecule has 19 nitrogen and oxygen atoms in total.